The van der Waals surface area contributed by atoms with Crippen molar-refractivity contribution in [1.82, 2.24) is 9.88 Å². The van der Waals surface area contributed by atoms with Crippen LogP contribution in [0, 0.1) is 0 Å². The highest BCUT2D eigenvalue weighted by Crippen LogP contribution is 2.35. The number of rotatable bonds is 4. The fraction of sp³-hybridized carbons (Fsp3) is 0.368. The number of amides is 1. The maximum atomic E-state index is 12.5. The molecule has 3 rings (SSSR count). The van der Waals surface area contributed by atoms with E-state index in [9.17, 15) is 9.59 Å². The number of halogens is 1. The molecule has 6 heteroatoms. The summed E-state index contributed by atoms with van der Waals surface area (Å²) in [6.07, 6.45) is 3.22. The van der Waals surface area contributed by atoms with Crippen LogP contribution in [-0.4, -0.2) is 30.2 Å². The molecule has 0 unspecified atom stereocenters. The van der Waals surface area contributed by atoms with Crippen LogP contribution in [0.2, 0.25) is 5.02 Å². The van der Waals surface area contributed by atoms with Gasteiger partial charge in [0.05, 0.1) is 0 Å². The van der Waals surface area contributed by atoms with Crippen LogP contribution < -0.4 is 10.9 Å². The summed E-state index contributed by atoms with van der Waals surface area (Å²) >= 11 is 6.16. The van der Waals surface area contributed by atoms with E-state index < -0.39 is 0 Å². The minimum atomic E-state index is -0.245. The van der Waals surface area contributed by atoms with Crippen LogP contribution in [0.1, 0.15) is 28.8 Å². The number of carbonyl (C=O) groups is 1. The van der Waals surface area contributed by atoms with Crippen molar-refractivity contribution >= 4 is 17.5 Å². The van der Waals surface area contributed by atoms with Gasteiger partial charge in [0.1, 0.15) is 0 Å². The van der Waals surface area contributed by atoms with Gasteiger partial charge in [-0.25, -0.2) is 0 Å². The van der Waals surface area contributed by atoms with E-state index in [1.807, 2.05) is 24.3 Å². The third-order valence-electron chi connectivity index (χ3n) is 4.84. The molecule has 1 aromatic heterocycles. The lowest BCUT2D eigenvalue weighted by Gasteiger charge is -2.38. The Morgan fingerprint density at radius 3 is 2.72 bits per heavy atom. The van der Waals surface area contributed by atoms with E-state index in [2.05, 4.69) is 5.32 Å². The molecule has 1 aliphatic rings. The maximum absolute atomic E-state index is 12.5. The SMILES string of the molecule is Cn1ccc(C(=O)NCC2(c3cccc(Cl)c3)CCOCC2)cc1=O. The van der Waals surface area contributed by atoms with Crippen molar-refractivity contribution in [3.05, 3.63) is 69.1 Å². The van der Waals surface area contributed by atoms with E-state index >= 15 is 0 Å². The van der Waals surface area contributed by atoms with Gasteiger partial charge in [-0.1, -0.05) is 23.7 Å². The molecule has 2 aromatic rings. The number of nitrogens with one attached hydrogen (secondary N) is 1. The Hall–Kier alpha value is -2.11. The topological polar surface area (TPSA) is 60.3 Å². The lowest BCUT2D eigenvalue weighted by Crippen LogP contribution is -2.44. The molecular weight excluding hydrogens is 340 g/mol. The Morgan fingerprint density at radius 2 is 2.04 bits per heavy atom. The second kappa shape index (κ2) is 7.42. The third kappa shape index (κ3) is 3.94. The van der Waals surface area contributed by atoms with Crippen molar-refractivity contribution in [2.75, 3.05) is 19.8 Å². The molecule has 1 saturated heterocycles. The van der Waals surface area contributed by atoms with Crippen molar-refractivity contribution in [1.29, 1.82) is 0 Å². The molecule has 1 fully saturated rings. The molecule has 0 atom stereocenters. The van der Waals surface area contributed by atoms with Crippen LogP contribution in [0.4, 0.5) is 0 Å². The minimum Gasteiger partial charge on any atom is -0.381 e. The highest BCUT2D eigenvalue weighted by atomic mass is 35.5. The van der Waals surface area contributed by atoms with Crippen LogP contribution in [0.3, 0.4) is 0 Å². The van der Waals surface area contributed by atoms with Crippen molar-refractivity contribution in [2.24, 2.45) is 7.05 Å². The summed E-state index contributed by atoms with van der Waals surface area (Å²) in [5.41, 5.74) is 1.06. The first-order valence-corrected chi connectivity index (χ1v) is 8.67. The Kier molecular flexibility index (Phi) is 5.25. The summed E-state index contributed by atoms with van der Waals surface area (Å²) in [6, 6.07) is 10.8. The molecule has 1 aromatic carbocycles. The van der Waals surface area contributed by atoms with Gasteiger partial charge in [0, 0.05) is 55.1 Å². The molecule has 5 nitrogen and oxygen atoms in total. The highest BCUT2D eigenvalue weighted by molar-refractivity contribution is 6.30. The molecule has 1 N–H and O–H groups in total. The van der Waals surface area contributed by atoms with Crippen molar-refractivity contribution in [3.8, 4) is 0 Å². The standard InChI is InChI=1S/C19H21ClN2O3/c1-22-8-5-14(11-17(22)23)18(24)21-13-19(6-9-25-10-7-19)15-3-2-4-16(20)12-15/h2-5,8,11-12H,6-7,9-10,13H2,1H3,(H,21,24). The van der Waals surface area contributed by atoms with Gasteiger partial charge < -0.3 is 14.6 Å². The number of ether oxygens (including phenoxy) is 1. The molecule has 25 heavy (non-hydrogen) atoms. The quantitative estimate of drug-likeness (QED) is 0.911. The van der Waals surface area contributed by atoms with E-state index in [-0.39, 0.29) is 16.9 Å². The zero-order valence-corrected chi connectivity index (χ0v) is 14.9. The van der Waals surface area contributed by atoms with Gasteiger partial charge in [0.2, 0.25) is 0 Å². The molecule has 1 amide bonds. The Labute approximate surface area is 151 Å². The van der Waals surface area contributed by atoms with Gasteiger partial charge in [-0.2, -0.15) is 0 Å². The molecular formula is C19H21ClN2O3. The monoisotopic (exact) mass is 360 g/mol. The fourth-order valence-electron chi connectivity index (χ4n) is 3.19. The zero-order chi connectivity index (χ0) is 17.9. The Balaban J connectivity index is 1.80. The van der Waals surface area contributed by atoms with E-state index in [0.717, 1.165) is 18.4 Å². The number of carbonyl (C=O) groups excluding carboxylic acids is 1. The summed E-state index contributed by atoms with van der Waals surface area (Å²) in [6.45, 7) is 1.77. The van der Waals surface area contributed by atoms with Gasteiger partial charge in [-0.05, 0) is 36.6 Å². The summed E-state index contributed by atoms with van der Waals surface area (Å²) in [5, 5.41) is 3.67. The summed E-state index contributed by atoms with van der Waals surface area (Å²) in [5.74, 6) is -0.245. The summed E-state index contributed by atoms with van der Waals surface area (Å²) < 4.78 is 6.94. The van der Waals surface area contributed by atoms with Gasteiger partial charge in [-0.3, -0.25) is 9.59 Å². The van der Waals surface area contributed by atoms with Gasteiger partial charge in [0.15, 0.2) is 0 Å². The maximum Gasteiger partial charge on any atom is 0.251 e. The van der Waals surface area contributed by atoms with Gasteiger partial charge in [0.25, 0.3) is 11.5 Å². The molecule has 0 saturated carbocycles. The highest BCUT2D eigenvalue weighted by Gasteiger charge is 2.35. The molecule has 132 valence electrons. The fourth-order valence-corrected chi connectivity index (χ4v) is 3.38. The second-order valence-corrected chi connectivity index (χ2v) is 6.89. The van der Waals surface area contributed by atoms with Crippen LogP contribution in [0.25, 0.3) is 0 Å². The molecule has 2 heterocycles. The number of benzene rings is 1. The third-order valence-corrected chi connectivity index (χ3v) is 5.08. The number of hydrogen-bond acceptors (Lipinski definition) is 3. The largest absolute Gasteiger partial charge is 0.381 e. The first-order chi connectivity index (χ1) is 12.0. The number of nitrogens with zero attached hydrogens (tertiary/aromatic N) is 1. The number of hydrogen-bond donors (Lipinski definition) is 1. The van der Waals surface area contributed by atoms with E-state index in [1.165, 1.54) is 10.6 Å². The number of aromatic nitrogens is 1. The van der Waals surface area contributed by atoms with Crippen LogP contribution in [0.5, 0.6) is 0 Å². The molecule has 0 spiro atoms. The Morgan fingerprint density at radius 1 is 1.28 bits per heavy atom. The molecule has 0 radical (unpaired) electrons. The molecule has 1 aliphatic heterocycles. The lowest BCUT2D eigenvalue weighted by molar-refractivity contribution is 0.0487. The molecule has 0 bridgehead atoms. The normalized spacial score (nSPS) is 16.4. The average Bonchev–Trinajstić information content (AvgIpc) is 2.63. The van der Waals surface area contributed by atoms with E-state index in [0.29, 0.717) is 30.3 Å². The molecule has 0 aliphatic carbocycles. The summed E-state index contributed by atoms with van der Waals surface area (Å²) in [7, 11) is 1.65. The van der Waals surface area contributed by atoms with Gasteiger partial charge >= 0.3 is 0 Å². The summed E-state index contributed by atoms with van der Waals surface area (Å²) in [4.78, 5) is 24.2. The van der Waals surface area contributed by atoms with Crippen molar-refractivity contribution in [3.63, 3.8) is 0 Å². The first-order valence-electron chi connectivity index (χ1n) is 8.29. The van der Waals surface area contributed by atoms with E-state index in [1.54, 1.807) is 19.3 Å². The predicted octanol–water partition coefficient (Wildman–Crippen LogP) is 2.52. The van der Waals surface area contributed by atoms with E-state index in [4.69, 9.17) is 16.3 Å². The predicted molar refractivity (Wildman–Crippen MR) is 97.2 cm³/mol. The van der Waals surface area contributed by atoms with Crippen molar-refractivity contribution in [2.45, 2.75) is 18.3 Å². The number of pyridine rings is 1. The first kappa shape index (κ1) is 17.7. The van der Waals surface area contributed by atoms with Crippen LogP contribution in [0.15, 0.2) is 47.4 Å². The Bertz CT molecular complexity index is 825. The lowest BCUT2D eigenvalue weighted by atomic mass is 9.74. The van der Waals surface area contributed by atoms with Crippen LogP contribution in [-0.2, 0) is 17.2 Å². The van der Waals surface area contributed by atoms with Crippen molar-refractivity contribution < 1.29 is 9.53 Å². The van der Waals surface area contributed by atoms with Gasteiger partial charge in [-0.15, -0.1) is 0 Å². The second-order valence-electron chi connectivity index (χ2n) is 6.45. The zero-order valence-electron chi connectivity index (χ0n) is 14.1. The van der Waals surface area contributed by atoms with Crippen LogP contribution >= 0.6 is 11.6 Å². The average molecular weight is 361 g/mol. The number of aryl methyl sites for hydroxylation is 1. The minimum absolute atomic E-state index is 0.205. The smallest absolute Gasteiger partial charge is 0.251 e.